The van der Waals surface area contributed by atoms with Crippen LogP contribution in [-0.2, 0) is 11.3 Å². The molecule has 1 atom stereocenters. The van der Waals surface area contributed by atoms with Crippen LogP contribution in [-0.4, -0.2) is 30.9 Å². The zero-order chi connectivity index (χ0) is 15.7. The van der Waals surface area contributed by atoms with E-state index in [1.54, 1.807) is 12.1 Å². The van der Waals surface area contributed by atoms with Crippen molar-refractivity contribution >= 4 is 18.3 Å². The van der Waals surface area contributed by atoms with Gasteiger partial charge in [0, 0.05) is 25.6 Å². The average molecular weight is 331 g/mol. The van der Waals surface area contributed by atoms with Crippen molar-refractivity contribution in [2.75, 3.05) is 20.1 Å². The number of nitrogens with one attached hydrogen (secondary N) is 1. The lowest BCUT2D eigenvalue weighted by Crippen LogP contribution is -2.38. The van der Waals surface area contributed by atoms with Gasteiger partial charge in [-0.2, -0.15) is 0 Å². The van der Waals surface area contributed by atoms with Gasteiger partial charge in [0.1, 0.15) is 5.82 Å². The summed E-state index contributed by atoms with van der Waals surface area (Å²) in [4.78, 5) is 14.4. The predicted molar refractivity (Wildman–Crippen MR) is 91.7 cm³/mol. The average Bonchev–Trinajstić information content (AvgIpc) is 2.48. The molecule has 0 saturated carbocycles. The summed E-state index contributed by atoms with van der Waals surface area (Å²) >= 11 is 0. The molecule has 0 spiro atoms. The lowest BCUT2D eigenvalue weighted by molar-refractivity contribution is -0.135. The maximum atomic E-state index is 13.0. The number of amides is 1. The van der Waals surface area contributed by atoms with E-state index in [9.17, 15) is 9.18 Å². The van der Waals surface area contributed by atoms with Crippen LogP contribution in [0.5, 0.6) is 0 Å². The van der Waals surface area contributed by atoms with Gasteiger partial charge in [0.25, 0.3) is 0 Å². The molecule has 0 bridgehead atoms. The molecule has 0 saturated heterocycles. The lowest BCUT2D eigenvalue weighted by Gasteiger charge is -2.26. The van der Waals surface area contributed by atoms with Gasteiger partial charge in [0.15, 0.2) is 0 Å². The second-order valence-electron chi connectivity index (χ2n) is 5.55. The third kappa shape index (κ3) is 7.23. The van der Waals surface area contributed by atoms with Crippen LogP contribution < -0.4 is 5.32 Å². The van der Waals surface area contributed by atoms with Crippen LogP contribution >= 0.6 is 12.4 Å². The Kier molecular flexibility index (Phi) is 10.9. The molecule has 0 aromatic heterocycles. The number of carbonyl (C=O) groups excluding carboxylic acids is 1. The second-order valence-corrected chi connectivity index (χ2v) is 5.55. The van der Waals surface area contributed by atoms with E-state index in [1.807, 2.05) is 18.9 Å². The Morgan fingerprint density at radius 3 is 2.45 bits per heavy atom. The molecule has 126 valence electrons. The smallest absolute Gasteiger partial charge is 0.226 e. The Balaban J connectivity index is 0.00000441. The van der Waals surface area contributed by atoms with Crippen LogP contribution in [0.4, 0.5) is 4.39 Å². The van der Waals surface area contributed by atoms with Gasteiger partial charge < -0.3 is 10.2 Å². The van der Waals surface area contributed by atoms with E-state index in [0.29, 0.717) is 13.1 Å². The Morgan fingerprint density at radius 1 is 1.27 bits per heavy atom. The highest BCUT2D eigenvalue weighted by atomic mass is 35.5. The summed E-state index contributed by atoms with van der Waals surface area (Å²) in [7, 11) is 1.85. The summed E-state index contributed by atoms with van der Waals surface area (Å²) in [6, 6.07) is 6.39. The molecule has 0 aliphatic rings. The van der Waals surface area contributed by atoms with Gasteiger partial charge in [-0.3, -0.25) is 4.79 Å². The van der Waals surface area contributed by atoms with E-state index in [4.69, 9.17) is 0 Å². The minimum Gasteiger partial charge on any atom is -0.338 e. The molecule has 1 aromatic carbocycles. The summed E-state index contributed by atoms with van der Waals surface area (Å²) < 4.78 is 13.0. The van der Waals surface area contributed by atoms with Crippen molar-refractivity contribution in [2.45, 2.75) is 39.7 Å². The minimum atomic E-state index is -0.244. The molecular weight excluding hydrogens is 303 g/mol. The number of rotatable bonds is 9. The van der Waals surface area contributed by atoms with Crippen molar-refractivity contribution in [3.05, 3.63) is 35.6 Å². The van der Waals surface area contributed by atoms with Crippen LogP contribution in [0.15, 0.2) is 24.3 Å². The molecule has 0 fully saturated rings. The summed E-state index contributed by atoms with van der Waals surface area (Å²) in [6.45, 7) is 6.08. The molecular formula is C17H28ClFN2O. The third-order valence-electron chi connectivity index (χ3n) is 3.56. The van der Waals surface area contributed by atoms with E-state index in [1.165, 1.54) is 12.1 Å². The van der Waals surface area contributed by atoms with E-state index in [-0.39, 0.29) is 30.0 Å². The van der Waals surface area contributed by atoms with Crippen molar-refractivity contribution in [3.8, 4) is 0 Å². The number of unbranched alkanes of at least 4 members (excludes halogenated alkanes) is 2. The maximum absolute atomic E-state index is 13.0. The molecule has 22 heavy (non-hydrogen) atoms. The fourth-order valence-electron chi connectivity index (χ4n) is 2.34. The maximum Gasteiger partial charge on any atom is 0.226 e. The van der Waals surface area contributed by atoms with Gasteiger partial charge >= 0.3 is 0 Å². The molecule has 0 aliphatic carbocycles. The number of halogens is 2. The molecule has 1 N–H and O–H groups in total. The number of nitrogens with zero attached hydrogens (tertiary/aromatic N) is 1. The van der Waals surface area contributed by atoms with Crippen molar-refractivity contribution in [3.63, 3.8) is 0 Å². The first kappa shape index (κ1) is 20.9. The van der Waals surface area contributed by atoms with Crippen LogP contribution in [0, 0.1) is 11.7 Å². The number of hydrogen-bond acceptors (Lipinski definition) is 2. The molecule has 1 rings (SSSR count). The second kappa shape index (κ2) is 11.4. The molecule has 3 nitrogen and oxygen atoms in total. The first-order chi connectivity index (χ1) is 10.1. The third-order valence-corrected chi connectivity index (χ3v) is 3.56. The van der Waals surface area contributed by atoms with Gasteiger partial charge in [-0.15, -0.1) is 12.4 Å². The molecule has 0 aliphatic heterocycles. The number of benzene rings is 1. The highest BCUT2D eigenvalue weighted by Crippen LogP contribution is 2.12. The number of carbonyl (C=O) groups is 1. The Labute approximate surface area is 139 Å². The van der Waals surface area contributed by atoms with Crippen molar-refractivity contribution in [1.82, 2.24) is 10.2 Å². The first-order valence-corrected chi connectivity index (χ1v) is 7.76. The van der Waals surface area contributed by atoms with Crippen molar-refractivity contribution in [1.29, 1.82) is 0 Å². The Bertz CT molecular complexity index is 425. The summed E-state index contributed by atoms with van der Waals surface area (Å²) in [5, 5.41) is 3.04. The summed E-state index contributed by atoms with van der Waals surface area (Å²) in [5.41, 5.74) is 0.970. The van der Waals surface area contributed by atoms with Crippen molar-refractivity contribution < 1.29 is 9.18 Å². The van der Waals surface area contributed by atoms with Gasteiger partial charge in [0.2, 0.25) is 5.91 Å². The molecule has 0 heterocycles. The van der Waals surface area contributed by atoms with Crippen LogP contribution in [0.25, 0.3) is 0 Å². The van der Waals surface area contributed by atoms with Crippen molar-refractivity contribution in [2.24, 2.45) is 5.92 Å². The fourth-order valence-corrected chi connectivity index (χ4v) is 2.34. The SMILES string of the molecule is CCCCCN(Cc1ccc(F)cc1)C(=O)C(C)CNC.Cl. The summed E-state index contributed by atoms with van der Waals surface area (Å²) in [6.07, 6.45) is 3.26. The zero-order valence-corrected chi connectivity index (χ0v) is 14.6. The molecule has 1 unspecified atom stereocenters. The lowest BCUT2D eigenvalue weighted by atomic mass is 10.1. The standard InChI is InChI=1S/C17H27FN2O.ClH/c1-4-5-6-11-20(17(21)14(2)12-19-3)13-15-7-9-16(18)10-8-15;/h7-10,14,19H,4-6,11-13H2,1-3H3;1H. The van der Waals surface area contributed by atoms with E-state index < -0.39 is 0 Å². The fraction of sp³-hybridized carbons (Fsp3) is 0.588. The topological polar surface area (TPSA) is 32.3 Å². The largest absolute Gasteiger partial charge is 0.338 e. The molecule has 0 radical (unpaired) electrons. The van der Waals surface area contributed by atoms with Gasteiger partial charge in [-0.1, -0.05) is 38.8 Å². The Morgan fingerprint density at radius 2 is 1.91 bits per heavy atom. The van der Waals surface area contributed by atoms with Crippen LogP contribution in [0.1, 0.15) is 38.7 Å². The Hall–Kier alpha value is -1.13. The molecule has 5 heteroatoms. The minimum absolute atomic E-state index is 0. The molecule has 1 aromatic rings. The predicted octanol–water partition coefficient (Wildman–Crippen LogP) is 3.62. The highest BCUT2D eigenvalue weighted by Gasteiger charge is 2.19. The number of hydrogen-bond donors (Lipinski definition) is 1. The van der Waals surface area contributed by atoms with Gasteiger partial charge in [0.05, 0.1) is 0 Å². The highest BCUT2D eigenvalue weighted by molar-refractivity contribution is 5.85. The van der Waals surface area contributed by atoms with Gasteiger partial charge in [-0.05, 0) is 31.2 Å². The van der Waals surface area contributed by atoms with E-state index in [0.717, 1.165) is 31.4 Å². The van der Waals surface area contributed by atoms with Crippen LogP contribution in [0.2, 0.25) is 0 Å². The van der Waals surface area contributed by atoms with E-state index >= 15 is 0 Å². The normalized spacial score (nSPS) is 11.6. The van der Waals surface area contributed by atoms with E-state index in [2.05, 4.69) is 12.2 Å². The monoisotopic (exact) mass is 330 g/mol. The first-order valence-electron chi connectivity index (χ1n) is 7.76. The quantitative estimate of drug-likeness (QED) is 0.701. The van der Waals surface area contributed by atoms with Crippen LogP contribution in [0.3, 0.4) is 0 Å². The van der Waals surface area contributed by atoms with Gasteiger partial charge in [-0.25, -0.2) is 4.39 Å². The summed E-state index contributed by atoms with van der Waals surface area (Å²) in [5.74, 6) is -0.131. The molecule has 1 amide bonds. The zero-order valence-electron chi connectivity index (χ0n) is 13.8.